The van der Waals surface area contributed by atoms with Crippen LogP contribution in [0.1, 0.15) is 24.0 Å². The molecule has 0 radical (unpaired) electrons. The molecule has 2 aliphatic rings. The summed E-state index contributed by atoms with van der Waals surface area (Å²) in [5.41, 5.74) is 0.900. The molecule has 7 heteroatoms. The molecule has 0 saturated carbocycles. The molecule has 0 bridgehead atoms. The van der Waals surface area contributed by atoms with E-state index in [2.05, 4.69) is 22.3 Å². The molecule has 2 aromatic rings. The molecule has 2 aliphatic heterocycles. The van der Waals surface area contributed by atoms with Crippen LogP contribution in [-0.4, -0.2) is 40.4 Å². The fourth-order valence-electron chi connectivity index (χ4n) is 4.06. The van der Waals surface area contributed by atoms with Gasteiger partial charge in [0.05, 0.1) is 6.54 Å². The standard InChI is InChI=1S/C21H21Cl2N3O2/c22-17-8-4-9-18(23)16(17)13-26-19(27)21(24-20(26)28)10-5-11-25(14-21)12-15-6-2-1-3-7-15/h1-4,6-9H,5,10-14H2,(H,24,28). The lowest BCUT2D eigenvalue weighted by Gasteiger charge is -2.38. The Labute approximate surface area is 174 Å². The summed E-state index contributed by atoms with van der Waals surface area (Å²) in [5, 5.41) is 3.85. The Morgan fingerprint density at radius 2 is 1.68 bits per heavy atom. The number of rotatable bonds is 4. The summed E-state index contributed by atoms with van der Waals surface area (Å²) < 4.78 is 0. The molecule has 2 aromatic carbocycles. The first-order chi connectivity index (χ1) is 13.5. The average Bonchev–Trinajstić information content (AvgIpc) is 2.89. The molecule has 1 atom stereocenters. The maximum absolute atomic E-state index is 13.2. The number of hydrogen-bond donors (Lipinski definition) is 1. The van der Waals surface area contributed by atoms with Crippen LogP contribution >= 0.6 is 23.2 Å². The van der Waals surface area contributed by atoms with Crippen molar-refractivity contribution in [3.63, 3.8) is 0 Å². The summed E-state index contributed by atoms with van der Waals surface area (Å²) in [6, 6.07) is 14.9. The summed E-state index contributed by atoms with van der Waals surface area (Å²) in [6.45, 7) is 2.22. The van der Waals surface area contributed by atoms with Crippen LogP contribution in [0, 0.1) is 0 Å². The summed E-state index contributed by atoms with van der Waals surface area (Å²) in [4.78, 5) is 29.3. The zero-order valence-corrected chi connectivity index (χ0v) is 16.8. The van der Waals surface area contributed by atoms with Gasteiger partial charge in [0.25, 0.3) is 5.91 Å². The maximum Gasteiger partial charge on any atom is 0.325 e. The van der Waals surface area contributed by atoms with Crippen molar-refractivity contribution in [3.8, 4) is 0 Å². The van der Waals surface area contributed by atoms with Gasteiger partial charge in [-0.3, -0.25) is 14.6 Å². The first kappa shape index (κ1) is 19.2. The number of piperidine rings is 1. The van der Waals surface area contributed by atoms with Gasteiger partial charge >= 0.3 is 6.03 Å². The monoisotopic (exact) mass is 417 g/mol. The summed E-state index contributed by atoms with van der Waals surface area (Å²) in [5.74, 6) is -0.203. The lowest BCUT2D eigenvalue weighted by Crippen LogP contribution is -2.58. The van der Waals surface area contributed by atoms with Crippen LogP contribution in [0.25, 0.3) is 0 Å². The van der Waals surface area contributed by atoms with E-state index in [9.17, 15) is 9.59 Å². The van der Waals surface area contributed by atoms with E-state index in [1.54, 1.807) is 18.2 Å². The third-order valence-electron chi connectivity index (χ3n) is 5.44. The first-order valence-electron chi connectivity index (χ1n) is 9.32. The van der Waals surface area contributed by atoms with Crippen LogP contribution in [0.3, 0.4) is 0 Å². The van der Waals surface area contributed by atoms with Gasteiger partial charge in [-0.1, -0.05) is 59.6 Å². The number of nitrogens with zero attached hydrogens (tertiary/aromatic N) is 2. The number of urea groups is 1. The van der Waals surface area contributed by atoms with Crippen molar-refractivity contribution in [1.82, 2.24) is 15.1 Å². The molecule has 28 heavy (non-hydrogen) atoms. The van der Waals surface area contributed by atoms with Gasteiger partial charge < -0.3 is 5.32 Å². The van der Waals surface area contributed by atoms with E-state index in [0.717, 1.165) is 19.5 Å². The number of carbonyl (C=O) groups excluding carboxylic acids is 2. The van der Waals surface area contributed by atoms with E-state index >= 15 is 0 Å². The van der Waals surface area contributed by atoms with Crippen molar-refractivity contribution in [2.24, 2.45) is 0 Å². The Bertz CT molecular complexity index is 886. The van der Waals surface area contributed by atoms with Crippen molar-refractivity contribution in [3.05, 3.63) is 69.7 Å². The van der Waals surface area contributed by atoms with Gasteiger partial charge in [0, 0.05) is 28.7 Å². The van der Waals surface area contributed by atoms with Crippen LogP contribution in [0.2, 0.25) is 10.0 Å². The number of likely N-dealkylation sites (tertiary alicyclic amines) is 1. The second-order valence-electron chi connectivity index (χ2n) is 7.40. The Hall–Kier alpha value is -2.08. The zero-order valence-electron chi connectivity index (χ0n) is 15.3. The highest BCUT2D eigenvalue weighted by Crippen LogP contribution is 2.32. The van der Waals surface area contributed by atoms with Crippen molar-refractivity contribution in [2.75, 3.05) is 13.1 Å². The van der Waals surface area contributed by atoms with Gasteiger partial charge in [-0.05, 0) is 37.1 Å². The number of imide groups is 1. The molecule has 0 aliphatic carbocycles. The Morgan fingerprint density at radius 3 is 2.39 bits per heavy atom. The minimum absolute atomic E-state index is 0.0730. The van der Waals surface area contributed by atoms with Gasteiger partial charge in [-0.15, -0.1) is 0 Å². The normalized spacial score (nSPS) is 22.7. The van der Waals surface area contributed by atoms with E-state index in [1.165, 1.54) is 10.5 Å². The average molecular weight is 418 g/mol. The summed E-state index contributed by atoms with van der Waals surface area (Å²) in [7, 11) is 0. The highest BCUT2D eigenvalue weighted by atomic mass is 35.5. The molecule has 0 aromatic heterocycles. The number of nitrogens with one attached hydrogen (secondary N) is 1. The summed E-state index contributed by atoms with van der Waals surface area (Å²) >= 11 is 12.5. The van der Waals surface area contributed by atoms with Gasteiger partial charge in [-0.2, -0.15) is 0 Å². The second-order valence-corrected chi connectivity index (χ2v) is 8.22. The van der Waals surface area contributed by atoms with E-state index in [-0.39, 0.29) is 18.5 Å². The van der Waals surface area contributed by atoms with Crippen LogP contribution in [0.5, 0.6) is 0 Å². The minimum atomic E-state index is -0.877. The zero-order chi connectivity index (χ0) is 19.7. The largest absolute Gasteiger partial charge is 0.325 e. The molecule has 146 valence electrons. The predicted molar refractivity (Wildman–Crippen MR) is 109 cm³/mol. The van der Waals surface area contributed by atoms with E-state index < -0.39 is 5.54 Å². The molecular weight excluding hydrogens is 397 g/mol. The van der Waals surface area contributed by atoms with Crippen molar-refractivity contribution in [2.45, 2.75) is 31.5 Å². The third-order valence-corrected chi connectivity index (χ3v) is 6.15. The molecule has 3 amide bonds. The van der Waals surface area contributed by atoms with Crippen LogP contribution < -0.4 is 5.32 Å². The lowest BCUT2D eigenvalue weighted by molar-refractivity contribution is -0.133. The molecule has 4 rings (SSSR count). The number of hydrogen-bond acceptors (Lipinski definition) is 3. The minimum Gasteiger partial charge on any atom is -0.322 e. The van der Waals surface area contributed by atoms with Gasteiger partial charge in [-0.25, -0.2) is 4.79 Å². The van der Waals surface area contributed by atoms with Crippen molar-refractivity contribution >= 4 is 35.1 Å². The van der Waals surface area contributed by atoms with Crippen LogP contribution in [0.15, 0.2) is 48.5 Å². The molecule has 2 saturated heterocycles. The Kier molecular flexibility index (Phi) is 5.32. The fraction of sp³-hybridized carbons (Fsp3) is 0.333. The molecule has 2 fully saturated rings. The first-order valence-corrected chi connectivity index (χ1v) is 10.1. The number of halogens is 2. The molecule has 1 spiro atoms. The number of benzene rings is 2. The Morgan fingerprint density at radius 1 is 0.964 bits per heavy atom. The van der Waals surface area contributed by atoms with Crippen LogP contribution in [0.4, 0.5) is 4.79 Å². The summed E-state index contributed by atoms with van der Waals surface area (Å²) in [6.07, 6.45) is 1.48. The van der Waals surface area contributed by atoms with E-state index in [0.29, 0.717) is 28.6 Å². The second kappa shape index (κ2) is 7.74. The highest BCUT2D eigenvalue weighted by molar-refractivity contribution is 6.36. The predicted octanol–water partition coefficient (Wildman–Crippen LogP) is 4.08. The Balaban J connectivity index is 1.52. The van der Waals surface area contributed by atoms with Gasteiger partial charge in [0.15, 0.2) is 0 Å². The highest BCUT2D eigenvalue weighted by Gasteiger charge is 2.53. The van der Waals surface area contributed by atoms with E-state index in [1.807, 2.05) is 18.2 Å². The topological polar surface area (TPSA) is 52.7 Å². The number of carbonyl (C=O) groups is 2. The van der Waals surface area contributed by atoms with Gasteiger partial charge in [0.1, 0.15) is 5.54 Å². The molecular formula is C21H21Cl2N3O2. The fourth-order valence-corrected chi connectivity index (χ4v) is 4.58. The maximum atomic E-state index is 13.2. The number of amides is 3. The SMILES string of the molecule is O=C1NC2(CCCN(Cc3ccccc3)C2)C(=O)N1Cc1c(Cl)cccc1Cl. The lowest BCUT2D eigenvalue weighted by atomic mass is 9.88. The quantitative estimate of drug-likeness (QED) is 0.762. The van der Waals surface area contributed by atoms with Crippen molar-refractivity contribution < 1.29 is 9.59 Å². The van der Waals surface area contributed by atoms with Crippen molar-refractivity contribution in [1.29, 1.82) is 0 Å². The van der Waals surface area contributed by atoms with E-state index in [4.69, 9.17) is 23.2 Å². The molecule has 1 unspecified atom stereocenters. The smallest absolute Gasteiger partial charge is 0.322 e. The molecule has 5 nitrogen and oxygen atoms in total. The third kappa shape index (κ3) is 3.62. The van der Waals surface area contributed by atoms with Crippen LogP contribution in [-0.2, 0) is 17.9 Å². The molecule has 2 heterocycles. The van der Waals surface area contributed by atoms with Gasteiger partial charge in [0.2, 0.25) is 0 Å². The molecule has 1 N–H and O–H groups in total.